The van der Waals surface area contributed by atoms with Crippen LogP contribution >= 0.6 is 0 Å². The number of benzene rings is 1. The average molecular weight is 275 g/mol. The highest BCUT2D eigenvalue weighted by Gasteiger charge is 2.39. The van der Waals surface area contributed by atoms with Crippen LogP contribution in [0, 0.1) is 6.92 Å². The third-order valence-corrected chi connectivity index (χ3v) is 3.81. The summed E-state index contributed by atoms with van der Waals surface area (Å²) in [5.74, 6) is 0.185. The molecule has 0 radical (unpaired) electrons. The van der Waals surface area contributed by atoms with Crippen molar-refractivity contribution in [1.29, 1.82) is 0 Å². The summed E-state index contributed by atoms with van der Waals surface area (Å²) in [4.78, 5) is 16.5. The fraction of sp³-hybridized carbons (Fsp3) is 0.562. The number of hydrogen-bond acceptors (Lipinski definition) is 3. The average Bonchev–Trinajstić information content (AvgIpc) is 2.66. The molecule has 4 nitrogen and oxygen atoms in total. The fourth-order valence-corrected chi connectivity index (χ4v) is 2.83. The third-order valence-electron chi connectivity index (χ3n) is 3.81. The van der Waals surface area contributed by atoms with E-state index in [1.807, 2.05) is 25.9 Å². The van der Waals surface area contributed by atoms with Crippen LogP contribution < -0.4 is 5.32 Å². The minimum absolute atomic E-state index is 0.0203. The Bertz CT molecular complexity index is 469. The first-order chi connectivity index (χ1) is 9.40. The maximum Gasteiger partial charge on any atom is 0.241 e. The molecular weight excluding hydrogens is 250 g/mol. The molecule has 0 aliphatic carbocycles. The van der Waals surface area contributed by atoms with E-state index >= 15 is 0 Å². The zero-order chi connectivity index (χ0) is 14.9. The second-order valence-corrected chi connectivity index (χ2v) is 6.06. The number of carbonyl (C=O) groups excluding carboxylic acids is 1. The van der Waals surface area contributed by atoms with Crippen LogP contribution in [-0.2, 0) is 4.79 Å². The van der Waals surface area contributed by atoms with Gasteiger partial charge in [0, 0.05) is 12.6 Å². The fourth-order valence-electron chi connectivity index (χ4n) is 2.83. The Morgan fingerprint density at radius 3 is 2.45 bits per heavy atom. The molecule has 1 fully saturated rings. The molecule has 0 aromatic heterocycles. The minimum Gasteiger partial charge on any atom is -0.318 e. The van der Waals surface area contributed by atoms with E-state index in [-0.39, 0.29) is 24.2 Å². The molecule has 1 heterocycles. The number of nitrogens with zero attached hydrogens (tertiary/aromatic N) is 2. The number of likely N-dealkylation sites (N-methyl/N-ethyl adjacent to an activating group) is 1. The lowest BCUT2D eigenvalue weighted by atomic mass is 10.1. The van der Waals surface area contributed by atoms with Crippen molar-refractivity contribution >= 4 is 5.91 Å². The van der Waals surface area contributed by atoms with Gasteiger partial charge in [-0.1, -0.05) is 29.8 Å². The van der Waals surface area contributed by atoms with Crippen LogP contribution in [-0.4, -0.2) is 48.4 Å². The van der Waals surface area contributed by atoms with E-state index < -0.39 is 0 Å². The van der Waals surface area contributed by atoms with E-state index in [0.717, 1.165) is 12.1 Å². The molecule has 1 aliphatic heterocycles. The van der Waals surface area contributed by atoms with Crippen molar-refractivity contribution in [2.45, 2.75) is 39.0 Å². The van der Waals surface area contributed by atoms with Gasteiger partial charge in [0.05, 0.1) is 6.04 Å². The lowest BCUT2D eigenvalue weighted by Gasteiger charge is -2.32. The van der Waals surface area contributed by atoms with E-state index in [4.69, 9.17) is 0 Å². The highest BCUT2D eigenvalue weighted by Crippen LogP contribution is 2.27. The summed E-state index contributed by atoms with van der Waals surface area (Å²) in [6.45, 7) is 6.99. The van der Waals surface area contributed by atoms with Crippen molar-refractivity contribution in [3.05, 3.63) is 35.4 Å². The Morgan fingerprint density at radius 2 is 1.90 bits per heavy atom. The Hall–Kier alpha value is -1.39. The molecule has 1 aliphatic rings. The molecule has 0 spiro atoms. The molecule has 1 saturated heterocycles. The molecule has 4 heteroatoms. The van der Waals surface area contributed by atoms with Gasteiger partial charge in [-0.05, 0) is 40.4 Å². The maximum absolute atomic E-state index is 12.4. The minimum atomic E-state index is -0.120. The van der Waals surface area contributed by atoms with Crippen LogP contribution in [0.4, 0.5) is 0 Å². The quantitative estimate of drug-likeness (QED) is 0.909. The third kappa shape index (κ3) is 3.02. The standard InChI is InChI=1S/C16H25N3O/c1-11-6-8-14(9-7-11)15-17-13(3)16(20)19(15)12(2)10-18(4)5/h6-9,12-13,15,17H,10H2,1-5H3. The molecule has 3 unspecified atom stereocenters. The normalized spacial score (nSPS) is 24.5. The predicted octanol–water partition coefficient (Wildman–Crippen LogP) is 1.76. The van der Waals surface area contributed by atoms with E-state index in [1.54, 1.807) is 0 Å². The van der Waals surface area contributed by atoms with Crippen molar-refractivity contribution in [2.24, 2.45) is 0 Å². The van der Waals surface area contributed by atoms with Gasteiger partial charge in [-0.25, -0.2) is 0 Å². The Balaban J connectivity index is 2.25. The monoisotopic (exact) mass is 275 g/mol. The smallest absolute Gasteiger partial charge is 0.241 e. The summed E-state index contributed by atoms with van der Waals surface area (Å²) in [6, 6.07) is 8.46. The lowest BCUT2D eigenvalue weighted by Crippen LogP contribution is -2.43. The van der Waals surface area contributed by atoms with Crippen molar-refractivity contribution in [3.8, 4) is 0 Å². The second kappa shape index (κ2) is 5.94. The summed E-state index contributed by atoms with van der Waals surface area (Å²) in [6.07, 6.45) is -0.0203. The van der Waals surface area contributed by atoms with Gasteiger partial charge in [-0.2, -0.15) is 0 Å². The van der Waals surface area contributed by atoms with Crippen molar-refractivity contribution in [3.63, 3.8) is 0 Å². The van der Waals surface area contributed by atoms with Gasteiger partial charge in [-0.15, -0.1) is 0 Å². The summed E-state index contributed by atoms with van der Waals surface area (Å²) in [5.41, 5.74) is 2.39. The summed E-state index contributed by atoms with van der Waals surface area (Å²) < 4.78 is 0. The summed E-state index contributed by atoms with van der Waals surface area (Å²) in [7, 11) is 4.07. The molecule has 20 heavy (non-hydrogen) atoms. The molecule has 0 bridgehead atoms. The summed E-state index contributed by atoms with van der Waals surface area (Å²) in [5, 5.41) is 3.40. The van der Waals surface area contributed by atoms with Crippen molar-refractivity contribution in [2.75, 3.05) is 20.6 Å². The molecule has 0 saturated carbocycles. The number of carbonyl (C=O) groups is 1. The van der Waals surface area contributed by atoms with Gasteiger partial charge < -0.3 is 9.80 Å². The Labute approximate surface area is 121 Å². The zero-order valence-electron chi connectivity index (χ0n) is 13.1. The van der Waals surface area contributed by atoms with Crippen LogP contribution in [0.25, 0.3) is 0 Å². The summed E-state index contributed by atoms with van der Waals surface area (Å²) >= 11 is 0. The lowest BCUT2D eigenvalue weighted by molar-refractivity contribution is -0.132. The molecule has 1 aromatic carbocycles. The predicted molar refractivity (Wildman–Crippen MR) is 81.4 cm³/mol. The van der Waals surface area contributed by atoms with E-state index in [1.165, 1.54) is 5.56 Å². The Morgan fingerprint density at radius 1 is 1.30 bits per heavy atom. The molecule has 110 valence electrons. The van der Waals surface area contributed by atoms with Crippen LogP contribution in [0.15, 0.2) is 24.3 Å². The molecule has 1 N–H and O–H groups in total. The molecule has 2 rings (SSSR count). The molecule has 3 atom stereocenters. The SMILES string of the molecule is Cc1ccc(C2NC(C)C(=O)N2C(C)CN(C)C)cc1. The van der Waals surface area contributed by atoms with E-state index in [0.29, 0.717) is 0 Å². The first-order valence-electron chi connectivity index (χ1n) is 7.19. The van der Waals surface area contributed by atoms with Crippen molar-refractivity contribution in [1.82, 2.24) is 15.1 Å². The molecular formula is C16H25N3O. The number of amides is 1. The maximum atomic E-state index is 12.4. The van der Waals surface area contributed by atoms with Gasteiger partial charge in [0.25, 0.3) is 0 Å². The topological polar surface area (TPSA) is 35.6 Å². The van der Waals surface area contributed by atoms with Crippen LogP contribution in [0.1, 0.15) is 31.1 Å². The van der Waals surface area contributed by atoms with E-state index in [2.05, 4.69) is 48.3 Å². The van der Waals surface area contributed by atoms with E-state index in [9.17, 15) is 4.79 Å². The number of nitrogens with one attached hydrogen (secondary N) is 1. The van der Waals surface area contributed by atoms with Gasteiger partial charge >= 0.3 is 0 Å². The van der Waals surface area contributed by atoms with Crippen LogP contribution in [0.5, 0.6) is 0 Å². The molecule has 1 amide bonds. The zero-order valence-corrected chi connectivity index (χ0v) is 13.1. The van der Waals surface area contributed by atoms with Crippen LogP contribution in [0.3, 0.4) is 0 Å². The van der Waals surface area contributed by atoms with Crippen LogP contribution in [0.2, 0.25) is 0 Å². The largest absolute Gasteiger partial charge is 0.318 e. The second-order valence-electron chi connectivity index (χ2n) is 6.06. The van der Waals surface area contributed by atoms with Gasteiger partial charge in [0.15, 0.2) is 0 Å². The first-order valence-corrected chi connectivity index (χ1v) is 7.19. The number of aryl methyl sites for hydroxylation is 1. The highest BCUT2D eigenvalue weighted by atomic mass is 16.2. The Kier molecular flexibility index (Phi) is 4.45. The van der Waals surface area contributed by atoms with Gasteiger partial charge in [0.2, 0.25) is 5.91 Å². The number of hydrogen-bond donors (Lipinski definition) is 1. The van der Waals surface area contributed by atoms with Gasteiger partial charge in [0.1, 0.15) is 6.17 Å². The molecule has 1 aromatic rings. The first kappa shape index (κ1) is 15.0. The van der Waals surface area contributed by atoms with Crippen molar-refractivity contribution < 1.29 is 4.79 Å². The van der Waals surface area contributed by atoms with Gasteiger partial charge in [-0.3, -0.25) is 10.1 Å². The highest BCUT2D eigenvalue weighted by molar-refractivity contribution is 5.84. The number of rotatable bonds is 4.